The lowest BCUT2D eigenvalue weighted by atomic mass is 10.2. The average Bonchev–Trinajstić information content (AvgIpc) is 2.45. The zero-order chi connectivity index (χ0) is 15.2. The van der Waals surface area contributed by atoms with E-state index in [4.69, 9.17) is 0 Å². The first-order chi connectivity index (χ1) is 10.1. The summed E-state index contributed by atoms with van der Waals surface area (Å²) >= 11 is 0. The van der Waals surface area contributed by atoms with Crippen LogP contribution in [0.2, 0.25) is 0 Å². The summed E-state index contributed by atoms with van der Waals surface area (Å²) in [4.78, 5) is 12.0. The van der Waals surface area contributed by atoms with E-state index in [9.17, 15) is 9.18 Å². The van der Waals surface area contributed by atoms with Gasteiger partial charge in [-0.3, -0.25) is 4.79 Å². The minimum absolute atomic E-state index is 0.0934. The lowest BCUT2D eigenvalue weighted by Crippen LogP contribution is -2.25. The Morgan fingerprint density at radius 3 is 2.86 bits per heavy atom. The third-order valence-electron chi connectivity index (χ3n) is 3.23. The molecule has 0 atom stereocenters. The van der Waals surface area contributed by atoms with Crippen molar-refractivity contribution in [1.82, 2.24) is 15.1 Å². The summed E-state index contributed by atoms with van der Waals surface area (Å²) < 4.78 is 14.9. The van der Waals surface area contributed by atoms with E-state index in [1.807, 2.05) is 0 Å². The van der Waals surface area contributed by atoms with Crippen LogP contribution < -0.4 is 10.7 Å². The van der Waals surface area contributed by atoms with Gasteiger partial charge in [0.15, 0.2) is 0 Å². The third-order valence-corrected chi connectivity index (χ3v) is 3.23. The van der Waals surface area contributed by atoms with Gasteiger partial charge < -0.3 is 5.32 Å². The van der Waals surface area contributed by atoms with Gasteiger partial charge in [0, 0.05) is 18.3 Å². The Balaban J connectivity index is 2.28. The number of rotatable bonds is 6. The molecule has 112 valence electrons. The van der Waals surface area contributed by atoms with Crippen LogP contribution in [0.25, 0.3) is 5.69 Å². The average molecular weight is 289 g/mol. The minimum atomic E-state index is -0.324. The van der Waals surface area contributed by atoms with Crippen molar-refractivity contribution >= 4 is 0 Å². The molecule has 1 N–H and O–H groups in total. The van der Waals surface area contributed by atoms with E-state index in [1.165, 1.54) is 18.2 Å². The van der Waals surface area contributed by atoms with Crippen LogP contribution in [0.5, 0.6) is 0 Å². The summed E-state index contributed by atoms with van der Waals surface area (Å²) in [5.41, 5.74) is 1.65. The molecule has 0 aliphatic rings. The van der Waals surface area contributed by atoms with Crippen LogP contribution in [0.3, 0.4) is 0 Å². The van der Waals surface area contributed by atoms with E-state index in [2.05, 4.69) is 17.3 Å². The molecule has 2 aromatic rings. The van der Waals surface area contributed by atoms with Crippen LogP contribution in [0.4, 0.5) is 4.39 Å². The van der Waals surface area contributed by atoms with Crippen LogP contribution in [-0.4, -0.2) is 16.3 Å². The molecule has 0 aliphatic heterocycles. The molecule has 2 rings (SSSR count). The Morgan fingerprint density at radius 1 is 1.33 bits per heavy atom. The fourth-order valence-corrected chi connectivity index (χ4v) is 2.08. The zero-order valence-electron chi connectivity index (χ0n) is 12.4. The topological polar surface area (TPSA) is 46.9 Å². The molecule has 0 fully saturated rings. The molecule has 0 amide bonds. The molecule has 0 bridgehead atoms. The quantitative estimate of drug-likeness (QED) is 0.831. The number of nitrogens with one attached hydrogen (secondary N) is 1. The lowest BCUT2D eigenvalue weighted by molar-refractivity contribution is 0.610. The molecule has 21 heavy (non-hydrogen) atoms. The van der Waals surface area contributed by atoms with Crippen molar-refractivity contribution in [3.05, 3.63) is 57.8 Å². The number of unbranched alkanes of at least 4 members (excludes halogenated alkanes) is 1. The number of hydrogen-bond acceptors (Lipinski definition) is 3. The number of aromatic nitrogens is 2. The standard InChI is InChI=1S/C16H20FN3O/c1-3-4-8-18-11-15-16(21)9-12(2)20(19-15)14-7-5-6-13(17)10-14/h5-7,9-10,18H,3-4,8,11H2,1-2H3. The van der Waals surface area contributed by atoms with Crippen LogP contribution in [0, 0.1) is 12.7 Å². The molecule has 1 heterocycles. The molecule has 1 aromatic carbocycles. The zero-order valence-corrected chi connectivity index (χ0v) is 12.4. The molecule has 0 aliphatic carbocycles. The predicted octanol–water partition coefficient (Wildman–Crippen LogP) is 2.57. The Bertz CT molecular complexity index is 667. The summed E-state index contributed by atoms with van der Waals surface area (Å²) in [5, 5.41) is 7.56. The van der Waals surface area contributed by atoms with Crippen molar-refractivity contribution < 1.29 is 4.39 Å². The van der Waals surface area contributed by atoms with Crippen molar-refractivity contribution in [3.8, 4) is 5.69 Å². The molecule has 4 nitrogen and oxygen atoms in total. The summed E-state index contributed by atoms with van der Waals surface area (Å²) in [5.74, 6) is -0.324. The molecule has 0 unspecified atom stereocenters. The van der Waals surface area contributed by atoms with Gasteiger partial charge in [-0.05, 0) is 38.1 Å². The largest absolute Gasteiger partial charge is 0.311 e. The van der Waals surface area contributed by atoms with E-state index < -0.39 is 0 Å². The van der Waals surface area contributed by atoms with Crippen LogP contribution in [0.1, 0.15) is 31.2 Å². The Kier molecular flexibility index (Phi) is 5.22. The molecular weight excluding hydrogens is 269 g/mol. The number of halogens is 1. The summed E-state index contributed by atoms with van der Waals surface area (Å²) in [6, 6.07) is 7.72. The molecule has 1 aromatic heterocycles. The van der Waals surface area contributed by atoms with Gasteiger partial charge in [0.05, 0.1) is 5.69 Å². The maximum Gasteiger partial charge on any atom is 0.204 e. The molecule has 0 saturated carbocycles. The first kappa shape index (κ1) is 15.4. The van der Waals surface area contributed by atoms with E-state index in [-0.39, 0.29) is 11.2 Å². The number of hydrogen-bond donors (Lipinski definition) is 1. The first-order valence-electron chi connectivity index (χ1n) is 7.18. The Hall–Kier alpha value is -2.01. The fraction of sp³-hybridized carbons (Fsp3) is 0.375. The highest BCUT2D eigenvalue weighted by Crippen LogP contribution is 2.10. The van der Waals surface area contributed by atoms with E-state index >= 15 is 0 Å². The van der Waals surface area contributed by atoms with E-state index in [0.29, 0.717) is 23.6 Å². The SMILES string of the molecule is CCCCNCc1nn(-c2cccc(F)c2)c(C)cc1=O. The molecular formula is C16H20FN3O. The maximum atomic E-state index is 13.3. The van der Waals surface area contributed by atoms with Crippen LogP contribution >= 0.6 is 0 Å². The highest BCUT2D eigenvalue weighted by atomic mass is 19.1. The van der Waals surface area contributed by atoms with Gasteiger partial charge in [0.1, 0.15) is 11.5 Å². The number of benzene rings is 1. The van der Waals surface area contributed by atoms with E-state index in [0.717, 1.165) is 19.4 Å². The highest BCUT2D eigenvalue weighted by molar-refractivity contribution is 5.33. The van der Waals surface area contributed by atoms with Gasteiger partial charge in [-0.15, -0.1) is 0 Å². The van der Waals surface area contributed by atoms with Crippen LogP contribution in [-0.2, 0) is 6.54 Å². The van der Waals surface area contributed by atoms with E-state index in [1.54, 1.807) is 23.7 Å². The fourth-order valence-electron chi connectivity index (χ4n) is 2.08. The predicted molar refractivity (Wildman–Crippen MR) is 81.1 cm³/mol. The molecule has 0 radical (unpaired) electrons. The Morgan fingerprint density at radius 2 is 2.14 bits per heavy atom. The maximum absolute atomic E-state index is 13.3. The minimum Gasteiger partial charge on any atom is -0.311 e. The van der Waals surface area contributed by atoms with Crippen molar-refractivity contribution in [2.45, 2.75) is 33.2 Å². The normalized spacial score (nSPS) is 10.8. The smallest absolute Gasteiger partial charge is 0.204 e. The number of nitrogens with zero attached hydrogens (tertiary/aromatic N) is 2. The lowest BCUT2D eigenvalue weighted by Gasteiger charge is -2.11. The van der Waals surface area contributed by atoms with Crippen molar-refractivity contribution in [1.29, 1.82) is 0 Å². The van der Waals surface area contributed by atoms with Gasteiger partial charge in [0.25, 0.3) is 0 Å². The summed E-state index contributed by atoms with van der Waals surface area (Å²) in [7, 11) is 0. The second-order valence-corrected chi connectivity index (χ2v) is 5.02. The molecule has 5 heteroatoms. The molecule has 0 saturated heterocycles. The highest BCUT2D eigenvalue weighted by Gasteiger charge is 2.08. The van der Waals surface area contributed by atoms with Crippen molar-refractivity contribution in [2.24, 2.45) is 0 Å². The summed E-state index contributed by atoms with van der Waals surface area (Å²) in [6.07, 6.45) is 2.16. The van der Waals surface area contributed by atoms with Gasteiger partial charge in [-0.1, -0.05) is 19.4 Å². The van der Waals surface area contributed by atoms with Gasteiger partial charge in [0.2, 0.25) is 5.43 Å². The first-order valence-corrected chi connectivity index (χ1v) is 7.18. The van der Waals surface area contributed by atoms with Crippen molar-refractivity contribution in [2.75, 3.05) is 6.54 Å². The second-order valence-electron chi connectivity index (χ2n) is 5.02. The van der Waals surface area contributed by atoms with Gasteiger partial charge in [-0.2, -0.15) is 5.10 Å². The van der Waals surface area contributed by atoms with Gasteiger partial charge >= 0.3 is 0 Å². The van der Waals surface area contributed by atoms with Crippen molar-refractivity contribution in [3.63, 3.8) is 0 Å². The monoisotopic (exact) mass is 289 g/mol. The summed E-state index contributed by atoms with van der Waals surface area (Å²) in [6.45, 7) is 5.18. The molecule has 0 spiro atoms. The number of aryl methyl sites for hydroxylation is 1. The third kappa shape index (κ3) is 3.98. The van der Waals surface area contributed by atoms with Gasteiger partial charge in [-0.25, -0.2) is 9.07 Å². The second kappa shape index (κ2) is 7.13. The Labute approximate surface area is 123 Å². The van der Waals surface area contributed by atoms with Crippen LogP contribution in [0.15, 0.2) is 35.1 Å².